The van der Waals surface area contributed by atoms with Gasteiger partial charge < -0.3 is 5.73 Å². The number of aromatic nitrogens is 2. The molecule has 15 heavy (non-hydrogen) atoms. The summed E-state index contributed by atoms with van der Waals surface area (Å²) in [6.45, 7) is 2.93. The number of nitrogen functional groups attached to an aromatic ring is 1. The standard InChI is InChI=1S/C12H15N3/c1-2-10-3-5-11(6-4-10)8-15-9-12(13)7-14-15/h3-7,9H,2,8,13H2,1H3. The molecule has 0 aliphatic rings. The van der Waals surface area contributed by atoms with E-state index in [2.05, 4.69) is 36.3 Å². The third-order valence-corrected chi connectivity index (χ3v) is 2.43. The fraction of sp³-hybridized carbons (Fsp3) is 0.250. The van der Waals surface area contributed by atoms with Crippen molar-refractivity contribution in [1.82, 2.24) is 9.78 Å². The van der Waals surface area contributed by atoms with Gasteiger partial charge in [0.15, 0.2) is 0 Å². The third-order valence-electron chi connectivity index (χ3n) is 2.43. The maximum absolute atomic E-state index is 5.59. The lowest BCUT2D eigenvalue weighted by Crippen LogP contribution is -1.99. The molecule has 0 radical (unpaired) electrons. The van der Waals surface area contributed by atoms with Crippen LogP contribution in [0.1, 0.15) is 18.1 Å². The highest BCUT2D eigenvalue weighted by Crippen LogP contribution is 2.07. The Bertz CT molecular complexity index is 428. The van der Waals surface area contributed by atoms with Gasteiger partial charge in [-0.1, -0.05) is 31.2 Å². The summed E-state index contributed by atoms with van der Waals surface area (Å²) in [5, 5.41) is 4.15. The van der Waals surface area contributed by atoms with Gasteiger partial charge in [0.2, 0.25) is 0 Å². The number of nitrogens with zero attached hydrogens (tertiary/aromatic N) is 2. The Balaban J connectivity index is 2.11. The molecule has 1 aromatic heterocycles. The van der Waals surface area contributed by atoms with Crippen molar-refractivity contribution in [1.29, 1.82) is 0 Å². The van der Waals surface area contributed by atoms with E-state index in [1.165, 1.54) is 11.1 Å². The van der Waals surface area contributed by atoms with E-state index < -0.39 is 0 Å². The summed E-state index contributed by atoms with van der Waals surface area (Å²) < 4.78 is 1.84. The van der Waals surface area contributed by atoms with E-state index >= 15 is 0 Å². The molecule has 2 rings (SSSR count). The molecule has 0 fully saturated rings. The van der Waals surface area contributed by atoms with Gasteiger partial charge in [-0.25, -0.2) is 0 Å². The van der Waals surface area contributed by atoms with Crippen LogP contribution >= 0.6 is 0 Å². The summed E-state index contributed by atoms with van der Waals surface area (Å²) in [6, 6.07) is 8.58. The van der Waals surface area contributed by atoms with Gasteiger partial charge in [0, 0.05) is 6.20 Å². The number of anilines is 1. The fourth-order valence-corrected chi connectivity index (χ4v) is 1.53. The Kier molecular flexibility index (Phi) is 2.72. The maximum atomic E-state index is 5.59. The molecule has 0 unspecified atom stereocenters. The van der Waals surface area contributed by atoms with Gasteiger partial charge in [-0.3, -0.25) is 4.68 Å². The van der Waals surface area contributed by atoms with Crippen molar-refractivity contribution < 1.29 is 0 Å². The molecule has 3 heteroatoms. The minimum absolute atomic E-state index is 0.708. The van der Waals surface area contributed by atoms with E-state index in [4.69, 9.17) is 5.73 Å². The maximum Gasteiger partial charge on any atom is 0.0719 e. The number of nitrogens with two attached hydrogens (primary N) is 1. The molecular weight excluding hydrogens is 186 g/mol. The Labute approximate surface area is 89.5 Å². The van der Waals surface area contributed by atoms with Crippen LogP contribution in [0.2, 0.25) is 0 Å². The lowest BCUT2D eigenvalue weighted by molar-refractivity contribution is 0.687. The lowest BCUT2D eigenvalue weighted by atomic mass is 10.1. The molecule has 1 heterocycles. The van der Waals surface area contributed by atoms with Crippen molar-refractivity contribution >= 4 is 5.69 Å². The van der Waals surface area contributed by atoms with Crippen molar-refractivity contribution in [2.45, 2.75) is 19.9 Å². The second-order valence-electron chi connectivity index (χ2n) is 3.64. The molecular formula is C12H15N3. The minimum Gasteiger partial charge on any atom is -0.396 e. The molecule has 2 N–H and O–H groups in total. The van der Waals surface area contributed by atoms with Gasteiger partial charge in [0.25, 0.3) is 0 Å². The van der Waals surface area contributed by atoms with Crippen LogP contribution in [0.5, 0.6) is 0 Å². The molecule has 0 aliphatic carbocycles. The van der Waals surface area contributed by atoms with Gasteiger partial charge in [-0.05, 0) is 17.5 Å². The van der Waals surface area contributed by atoms with Crippen LogP contribution in [-0.2, 0) is 13.0 Å². The van der Waals surface area contributed by atoms with Gasteiger partial charge in [0.1, 0.15) is 0 Å². The first-order valence-electron chi connectivity index (χ1n) is 5.13. The molecule has 0 amide bonds. The monoisotopic (exact) mass is 201 g/mol. The van der Waals surface area contributed by atoms with E-state index in [1.807, 2.05) is 10.9 Å². The largest absolute Gasteiger partial charge is 0.396 e. The van der Waals surface area contributed by atoms with Crippen LogP contribution in [0.3, 0.4) is 0 Å². The van der Waals surface area contributed by atoms with Gasteiger partial charge >= 0.3 is 0 Å². The number of rotatable bonds is 3. The van der Waals surface area contributed by atoms with Crippen LogP contribution in [-0.4, -0.2) is 9.78 Å². The number of aryl methyl sites for hydroxylation is 1. The number of hydrogen-bond donors (Lipinski definition) is 1. The van der Waals surface area contributed by atoms with Crippen molar-refractivity contribution in [2.75, 3.05) is 5.73 Å². The predicted molar refractivity (Wildman–Crippen MR) is 61.6 cm³/mol. The van der Waals surface area contributed by atoms with Gasteiger partial charge in [-0.15, -0.1) is 0 Å². The van der Waals surface area contributed by atoms with Crippen molar-refractivity contribution in [2.24, 2.45) is 0 Å². The lowest BCUT2D eigenvalue weighted by Gasteiger charge is -2.02. The summed E-state index contributed by atoms with van der Waals surface area (Å²) in [5.41, 5.74) is 8.91. The zero-order chi connectivity index (χ0) is 10.7. The third kappa shape index (κ3) is 2.37. The highest BCUT2D eigenvalue weighted by Gasteiger charge is 1.97. The normalized spacial score (nSPS) is 10.5. The van der Waals surface area contributed by atoms with E-state index in [0.717, 1.165) is 13.0 Å². The van der Waals surface area contributed by atoms with Crippen molar-refractivity contribution in [3.63, 3.8) is 0 Å². The SMILES string of the molecule is CCc1ccc(Cn2cc(N)cn2)cc1. The summed E-state index contributed by atoms with van der Waals surface area (Å²) in [7, 11) is 0. The molecule has 78 valence electrons. The average molecular weight is 201 g/mol. The van der Waals surface area contributed by atoms with E-state index in [0.29, 0.717) is 5.69 Å². The summed E-state index contributed by atoms with van der Waals surface area (Å²) in [5.74, 6) is 0. The Morgan fingerprint density at radius 3 is 2.40 bits per heavy atom. The minimum atomic E-state index is 0.708. The smallest absolute Gasteiger partial charge is 0.0719 e. The first-order chi connectivity index (χ1) is 7.28. The van der Waals surface area contributed by atoms with Crippen LogP contribution in [0.25, 0.3) is 0 Å². The second kappa shape index (κ2) is 4.17. The molecule has 0 spiro atoms. The highest BCUT2D eigenvalue weighted by atomic mass is 15.3. The predicted octanol–water partition coefficient (Wildman–Crippen LogP) is 2.08. The molecule has 0 saturated heterocycles. The van der Waals surface area contributed by atoms with E-state index in [1.54, 1.807) is 6.20 Å². The number of hydrogen-bond acceptors (Lipinski definition) is 2. The quantitative estimate of drug-likeness (QED) is 0.826. The molecule has 0 saturated carbocycles. The summed E-state index contributed by atoms with van der Waals surface area (Å²) >= 11 is 0. The Morgan fingerprint density at radius 2 is 1.87 bits per heavy atom. The average Bonchev–Trinajstić information content (AvgIpc) is 2.65. The Hall–Kier alpha value is -1.77. The van der Waals surface area contributed by atoms with Crippen LogP contribution < -0.4 is 5.73 Å². The van der Waals surface area contributed by atoms with Gasteiger partial charge in [0.05, 0.1) is 18.4 Å². The topological polar surface area (TPSA) is 43.8 Å². The molecule has 2 aromatic rings. The number of benzene rings is 1. The molecule has 0 aliphatic heterocycles. The molecule has 3 nitrogen and oxygen atoms in total. The van der Waals surface area contributed by atoms with E-state index in [-0.39, 0.29) is 0 Å². The summed E-state index contributed by atoms with van der Waals surface area (Å²) in [6.07, 6.45) is 4.59. The first kappa shape index (κ1) is 9.77. The van der Waals surface area contributed by atoms with Gasteiger partial charge in [-0.2, -0.15) is 5.10 Å². The zero-order valence-corrected chi connectivity index (χ0v) is 8.85. The van der Waals surface area contributed by atoms with Crippen molar-refractivity contribution in [3.8, 4) is 0 Å². The van der Waals surface area contributed by atoms with Crippen LogP contribution in [0.4, 0.5) is 5.69 Å². The first-order valence-corrected chi connectivity index (χ1v) is 5.13. The molecule has 1 aromatic carbocycles. The molecule has 0 atom stereocenters. The summed E-state index contributed by atoms with van der Waals surface area (Å²) in [4.78, 5) is 0. The zero-order valence-electron chi connectivity index (χ0n) is 8.85. The second-order valence-corrected chi connectivity index (χ2v) is 3.64. The van der Waals surface area contributed by atoms with Crippen molar-refractivity contribution in [3.05, 3.63) is 47.8 Å². The Morgan fingerprint density at radius 1 is 1.20 bits per heavy atom. The van der Waals surface area contributed by atoms with Crippen LogP contribution in [0.15, 0.2) is 36.7 Å². The molecule has 0 bridgehead atoms. The highest BCUT2D eigenvalue weighted by molar-refractivity contribution is 5.31. The fourth-order valence-electron chi connectivity index (χ4n) is 1.53. The van der Waals surface area contributed by atoms with Crippen LogP contribution in [0, 0.1) is 0 Å². The van der Waals surface area contributed by atoms with E-state index in [9.17, 15) is 0 Å².